The van der Waals surface area contributed by atoms with Gasteiger partial charge in [0.15, 0.2) is 0 Å². The van der Waals surface area contributed by atoms with Gasteiger partial charge in [0, 0.05) is 0 Å². The lowest BCUT2D eigenvalue weighted by molar-refractivity contribution is -0.0476. The summed E-state index contributed by atoms with van der Waals surface area (Å²) in [4.78, 5) is 0. The van der Waals surface area contributed by atoms with Crippen LogP contribution in [0, 0.1) is 0 Å². The molecule has 1 heterocycles. The highest BCUT2D eigenvalue weighted by Gasteiger charge is 2.55. The average molecular weight is 366 g/mol. The first-order valence-electron chi connectivity index (χ1n) is 5.32. The maximum atomic E-state index is 11.5. The van der Waals surface area contributed by atoms with Gasteiger partial charge in [0.1, 0.15) is 0 Å². The molecular formula is C7H12F6N2O4S2. The highest BCUT2D eigenvalue weighted by Crippen LogP contribution is 2.27. The molecule has 128 valence electrons. The standard InChI is InChI=1S/C5H11N.C2HF6NO4S2/c1-2-4-6-5-3-1;3-1(4,5)14(10,11)9-15(12,13)2(6,7)8/h6H,1-5H2;9H. The van der Waals surface area contributed by atoms with E-state index in [4.69, 9.17) is 0 Å². The molecule has 0 aliphatic carbocycles. The summed E-state index contributed by atoms with van der Waals surface area (Å²) < 4.78 is 108. The van der Waals surface area contributed by atoms with Crippen LogP contribution < -0.4 is 9.44 Å². The molecule has 0 aromatic rings. The predicted octanol–water partition coefficient (Wildman–Crippen LogP) is 1.04. The lowest BCUT2D eigenvalue weighted by atomic mass is 10.2. The smallest absolute Gasteiger partial charge is 0.317 e. The summed E-state index contributed by atoms with van der Waals surface area (Å²) in [6.45, 7) is 2.50. The van der Waals surface area contributed by atoms with Gasteiger partial charge in [0.05, 0.1) is 0 Å². The molecule has 6 nitrogen and oxygen atoms in total. The molecule has 0 unspecified atom stereocenters. The van der Waals surface area contributed by atoms with Crippen molar-refractivity contribution in [1.29, 1.82) is 0 Å². The van der Waals surface area contributed by atoms with Gasteiger partial charge in [-0.05, 0) is 25.9 Å². The maximum Gasteiger partial charge on any atom is 0.512 e. The van der Waals surface area contributed by atoms with Crippen LogP contribution in [0.5, 0.6) is 0 Å². The van der Waals surface area contributed by atoms with Gasteiger partial charge in [-0.1, -0.05) is 10.5 Å². The van der Waals surface area contributed by atoms with Crippen LogP contribution in [0.3, 0.4) is 0 Å². The van der Waals surface area contributed by atoms with Crippen molar-refractivity contribution in [2.45, 2.75) is 30.3 Å². The lowest BCUT2D eigenvalue weighted by Crippen LogP contribution is -2.45. The van der Waals surface area contributed by atoms with Crippen LogP contribution in [0.1, 0.15) is 19.3 Å². The zero-order valence-electron chi connectivity index (χ0n) is 10.3. The molecule has 0 aromatic carbocycles. The minimum atomic E-state index is -6.60. The Morgan fingerprint density at radius 3 is 1.19 bits per heavy atom. The molecule has 1 aliphatic heterocycles. The molecule has 1 fully saturated rings. The Bertz CT molecular complexity index is 467. The first-order valence-corrected chi connectivity index (χ1v) is 8.29. The molecule has 1 aliphatic rings. The third kappa shape index (κ3) is 6.80. The number of nitrogens with one attached hydrogen (secondary N) is 2. The van der Waals surface area contributed by atoms with Gasteiger partial charge in [0.25, 0.3) is 0 Å². The number of alkyl halides is 6. The first-order chi connectivity index (χ1) is 9.21. The molecule has 0 radical (unpaired) electrons. The molecule has 0 spiro atoms. The van der Waals surface area contributed by atoms with Crippen molar-refractivity contribution in [3.05, 3.63) is 0 Å². The fraction of sp³-hybridized carbons (Fsp3) is 1.00. The van der Waals surface area contributed by atoms with Crippen molar-refractivity contribution in [1.82, 2.24) is 9.44 Å². The molecule has 0 amide bonds. The largest absolute Gasteiger partial charge is 0.512 e. The Kier molecular flexibility index (Phi) is 6.90. The number of rotatable bonds is 2. The second kappa shape index (κ2) is 7.11. The van der Waals surface area contributed by atoms with Gasteiger partial charge in [-0.25, -0.2) is 16.8 Å². The van der Waals surface area contributed by atoms with Crippen molar-refractivity contribution < 1.29 is 43.2 Å². The Morgan fingerprint density at radius 2 is 1.05 bits per heavy atom. The summed E-state index contributed by atoms with van der Waals surface area (Å²) in [7, 11) is -13.2. The second-order valence-electron chi connectivity index (χ2n) is 3.79. The van der Waals surface area contributed by atoms with Gasteiger partial charge in [0.2, 0.25) is 0 Å². The summed E-state index contributed by atoms with van der Waals surface area (Å²) in [5.41, 5.74) is -12.3. The number of halogens is 6. The van der Waals surface area contributed by atoms with Crippen molar-refractivity contribution in [2.24, 2.45) is 0 Å². The van der Waals surface area contributed by atoms with E-state index in [1.807, 2.05) is 0 Å². The van der Waals surface area contributed by atoms with Crippen LogP contribution in [0.2, 0.25) is 0 Å². The molecule has 1 saturated heterocycles. The van der Waals surface area contributed by atoms with Gasteiger partial charge >= 0.3 is 31.1 Å². The summed E-state index contributed by atoms with van der Waals surface area (Å²) in [5.74, 6) is 0. The van der Waals surface area contributed by atoms with Gasteiger partial charge in [-0.2, -0.15) is 26.3 Å². The van der Waals surface area contributed by atoms with E-state index in [0.717, 1.165) is 0 Å². The Morgan fingerprint density at radius 1 is 0.714 bits per heavy atom. The van der Waals surface area contributed by atoms with E-state index < -0.39 is 35.2 Å². The van der Waals surface area contributed by atoms with Crippen LogP contribution in [0.4, 0.5) is 26.3 Å². The highest BCUT2D eigenvalue weighted by atomic mass is 32.3. The van der Waals surface area contributed by atoms with Gasteiger partial charge in [-0.15, -0.1) is 0 Å². The molecular weight excluding hydrogens is 354 g/mol. The summed E-state index contributed by atoms with van der Waals surface area (Å²) in [6.07, 6.45) is 4.22. The SMILES string of the molecule is C1CCNCC1.O=S(=O)(NS(=O)(=O)C(F)(F)F)C(F)(F)F. The fourth-order valence-corrected chi connectivity index (χ4v) is 2.95. The van der Waals surface area contributed by atoms with E-state index in [1.165, 1.54) is 32.4 Å². The molecule has 0 saturated carbocycles. The molecule has 1 rings (SSSR count). The van der Waals surface area contributed by atoms with Crippen molar-refractivity contribution in [3.8, 4) is 0 Å². The Labute approximate surface area is 117 Å². The van der Waals surface area contributed by atoms with E-state index >= 15 is 0 Å². The Hall–Kier alpha value is -0.600. The molecule has 0 bridgehead atoms. The summed E-state index contributed by atoms with van der Waals surface area (Å²) >= 11 is 0. The van der Waals surface area contributed by atoms with E-state index in [-0.39, 0.29) is 0 Å². The fourth-order valence-electron chi connectivity index (χ4n) is 1.04. The topological polar surface area (TPSA) is 92.3 Å². The zero-order chi connectivity index (χ0) is 16.9. The number of hydrogen-bond donors (Lipinski definition) is 2. The highest BCUT2D eigenvalue weighted by molar-refractivity contribution is 8.05. The van der Waals surface area contributed by atoms with E-state index in [0.29, 0.717) is 0 Å². The molecule has 0 aromatic heterocycles. The minimum Gasteiger partial charge on any atom is -0.317 e. The number of piperidine rings is 1. The monoisotopic (exact) mass is 366 g/mol. The van der Waals surface area contributed by atoms with Crippen LogP contribution in [-0.2, 0) is 20.0 Å². The first kappa shape index (κ1) is 20.4. The predicted molar refractivity (Wildman–Crippen MR) is 59.8 cm³/mol. The third-order valence-corrected chi connectivity index (χ3v) is 5.01. The van der Waals surface area contributed by atoms with Crippen LogP contribution >= 0.6 is 0 Å². The third-order valence-electron chi connectivity index (χ3n) is 2.04. The van der Waals surface area contributed by atoms with E-state index in [9.17, 15) is 43.2 Å². The minimum absolute atomic E-state index is 0.493. The Balaban J connectivity index is 0.000000547. The molecule has 2 N–H and O–H groups in total. The quantitative estimate of drug-likeness (QED) is 0.713. The number of hydrogen-bond acceptors (Lipinski definition) is 5. The summed E-state index contributed by atoms with van der Waals surface area (Å²) in [6, 6.07) is 0. The van der Waals surface area contributed by atoms with E-state index in [1.54, 1.807) is 0 Å². The van der Waals surface area contributed by atoms with Crippen molar-refractivity contribution in [3.63, 3.8) is 0 Å². The summed E-state index contributed by atoms with van der Waals surface area (Å²) in [5, 5.41) is 3.28. The molecule has 14 heteroatoms. The van der Waals surface area contributed by atoms with Crippen LogP contribution in [0.15, 0.2) is 0 Å². The second-order valence-corrected chi connectivity index (χ2v) is 7.40. The molecule has 21 heavy (non-hydrogen) atoms. The normalized spacial score (nSPS) is 17.8. The van der Waals surface area contributed by atoms with Crippen molar-refractivity contribution >= 4 is 20.0 Å². The van der Waals surface area contributed by atoms with Crippen LogP contribution in [-0.4, -0.2) is 40.9 Å². The maximum absolute atomic E-state index is 11.5. The average Bonchev–Trinajstić information content (AvgIpc) is 2.27. The number of sulfonamides is 2. The zero-order valence-corrected chi connectivity index (χ0v) is 11.9. The van der Waals surface area contributed by atoms with E-state index in [2.05, 4.69) is 5.32 Å². The van der Waals surface area contributed by atoms with Gasteiger partial charge < -0.3 is 5.32 Å². The van der Waals surface area contributed by atoms with Gasteiger partial charge in [-0.3, -0.25) is 0 Å². The molecule has 0 atom stereocenters. The van der Waals surface area contributed by atoms with Crippen LogP contribution in [0.25, 0.3) is 0 Å². The lowest BCUT2D eigenvalue weighted by Gasteiger charge is -2.11. The van der Waals surface area contributed by atoms with Crippen molar-refractivity contribution in [2.75, 3.05) is 13.1 Å².